The zero-order valence-electron chi connectivity index (χ0n) is 11.2. The summed E-state index contributed by atoms with van der Waals surface area (Å²) in [7, 11) is 0. The number of ether oxygens (including phenoxy) is 1. The van der Waals surface area contributed by atoms with Gasteiger partial charge in [0, 0.05) is 6.04 Å². The van der Waals surface area contributed by atoms with Gasteiger partial charge in [-0.25, -0.2) is 4.79 Å². The van der Waals surface area contributed by atoms with Crippen LogP contribution >= 0.6 is 11.6 Å². The van der Waals surface area contributed by atoms with Crippen LogP contribution in [0.5, 0.6) is 0 Å². The molecule has 1 aliphatic carbocycles. The molecule has 0 aromatic heterocycles. The van der Waals surface area contributed by atoms with Crippen molar-refractivity contribution in [2.75, 3.05) is 6.61 Å². The highest BCUT2D eigenvalue weighted by Gasteiger charge is 2.17. The fourth-order valence-electron chi connectivity index (χ4n) is 2.35. The van der Waals surface area contributed by atoms with E-state index in [-0.39, 0.29) is 24.1 Å². The van der Waals surface area contributed by atoms with Gasteiger partial charge >= 0.3 is 5.97 Å². The number of esters is 1. The summed E-state index contributed by atoms with van der Waals surface area (Å²) >= 11 is 5.89. The lowest BCUT2D eigenvalue weighted by Crippen LogP contribution is -2.38. The summed E-state index contributed by atoms with van der Waals surface area (Å²) in [4.78, 5) is 23.5. The molecule has 2 rings (SSSR count). The molecule has 108 valence electrons. The van der Waals surface area contributed by atoms with Crippen molar-refractivity contribution < 1.29 is 14.3 Å². The van der Waals surface area contributed by atoms with Gasteiger partial charge in [0.05, 0.1) is 10.6 Å². The van der Waals surface area contributed by atoms with Crippen molar-refractivity contribution in [3.05, 3.63) is 34.9 Å². The van der Waals surface area contributed by atoms with E-state index in [4.69, 9.17) is 16.3 Å². The predicted octanol–water partition coefficient (Wildman–Crippen LogP) is 2.95. The molecule has 4 nitrogen and oxygen atoms in total. The van der Waals surface area contributed by atoms with Crippen LogP contribution in [0, 0.1) is 0 Å². The van der Waals surface area contributed by atoms with E-state index in [9.17, 15) is 9.59 Å². The van der Waals surface area contributed by atoms with Crippen LogP contribution in [0.4, 0.5) is 0 Å². The first-order chi connectivity index (χ1) is 9.66. The summed E-state index contributed by atoms with van der Waals surface area (Å²) in [6.07, 6.45) is 5.52. The third-order valence-corrected chi connectivity index (χ3v) is 3.73. The molecule has 0 saturated heterocycles. The van der Waals surface area contributed by atoms with Crippen LogP contribution in [-0.4, -0.2) is 24.5 Å². The maximum atomic E-state index is 11.8. The van der Waals surface area contributed by atoms with Crippen molar-refractivity contribution in [2.45, 2.75) is 38.1 Å². The minimum absolute atomic E-state index is 0.218. The van der Waals surface area contributed by atoms with Crippen molar-refractivity contribution in [2.24, 2.45) is 0 Å². The molecule has 0 aliphatic heterocycles. The smallest absolute Gasteiger partial charge is 0.340 e. The van der Waals surface area contributed by atoms with E-state index in [0.29, 0.717) is 5.02 Å². The summed E-state index contributed by atoms with van der Waals surface area (Å²) in [6.45, 7) is -0.263. The van der Waals surface area contributed by atoms with Crippen molar-refractivity contribution in [1.82, 2.24) is 5.32 Å². The highest BCUT2D eigenvalue weighted by molar-refractivity contribution is 6.33. The Morgan fingerprint density at radius 3 is 2.60 bits per heavy atom. The maximum Gasteiger partial charge on any atom is 0.340 e. The summed E-state index contributed by atoms with van der Waals surface area (Å²) in [6, 6.07) is 6.83. The molecule has 1 aromatic rings. The Labute approximate surface area is 123 Å². The molecule has 1 fully saturated rings. The van der Waals surface area contributed by atoms with E-state index < -0.39 is 5.97 Å². The third kappa shape index (κ3) is 4.23. The molecule has 1 saturated carbocycles. The molecule has 1 aromatic carbocycles. The van der Waals surface area contributed by atoms with Gasteiger partial charge in [0.25, 0.3) is 5.91 Å². The van der Waals surface area contributed by atoms with Crippen molar-refractivity contribution >= 4 is 23.5 Å². The van der Waals surface area contributed by atoms with Gasteiger partial charge in [-0.05, 0) is 25.0 Å². The van der Waals surface area contributed by atoms with E-state index in [2.05, 4.69) is 5.32 Å². The number of hydrogen-bond acceptors (Lipinski definition) is 3. The van der Waals surface area contributed by atoms with Gasteiger partial charge in [-0.1, -0.05) is 43.0 Å². The standard InChI is InChI=1S/C15H18ClNO3/c16-13-9-5-4-8-12(13)15(19)20-10-14(18)17-11-6-2-1-3-7-11/h4-5,8-9,11H,1-3,6-7,10H2,(H,17,18). The van der Waals surface area contributed by atoms with Crippen LogP contribution in [-0.2, 0) is 9.53 Å². The van der Waals surface area contributed by atoms with E-state index in [0.717, 1.165) is 25.7 Å². The second-order valence-electron chi connectivity index (χ2n) is 4.96. The second kappa shape index (κ2) is 7.29. The van der Waals surface area contributed by atoms with Crippen molar-refractivity contribution in [3.8, 4) is 0 Å². The Morgan fingerprint density at radius 1 is 1.20 bits per heavy atom. The fourth-order valence-corrected chi connectivity index (χ4v) is 2.56. The van der Waals surface area contributed by atoms with Crippen LogP contribution in [0.1, 0.15) is 42.5 Å². The summed E-state index contributed by atoms with van der Waals surface area (Å²) in [5.41, 5.74) is 0.277. The highest BCUT2D eigenvalue weighted by Crippen LogP contribution is 2.17. The van der Waals surface area contributed by atoms with Gasteiger partial charge in [0.15, 0.2) is 6.61 Å². The number of carbonyl (C=O) groups excluding carboxylic acids is 2. The Hall–Kier alpha value is -1.55. The first-order valence-electron chi connectivity index (χ1n) is 6.88. The molecule has 1 N–H and O–H groups in total. The highest BCUT2D eigenvalue weighted by atomic mass is 35.5. The van der Waals surface area contributed by atoms with Crippen molar-refractivity contribution in [1.29, 1.82) is 0 Å². The molecule has 5 heteroatoms. The molecule has 0 spiro atoms. The normalized spacial score (nSPS) is 15.7. The molecular formula is C15H18ClNO3. The number of nitrogens with one attached hydrogen (secondary N) is 1. The molecule has 0 heterocycles. The van der Waals surface area contributed by atoms with E-state index >= 15 is 0 Å². The van der Waals surface area contributed by atoms with Gasteiger partial charge in [0.1, 0.15) is 0 Å². The number of hydrogen-bond donors (Lipinski definition) is 1. The second-order valence-corrected chi connectivity index (χ2v) is 5.37. The SMILES string of the molecule is O=C(COC(=O)c1ccccc1Cl)NC1CCCCC1. The lowest BCUT2D eigenvalue weighted by atomic mass is 9.95. The first kappa shape index (κ1) is 14.9. The predicted molar refractivity (Wildman–Crippen MR) is 76.8 cm³/mol. The lowest BCUT2D eigenvalue weighted by Gasteiger charge is -2.22. The van der Waals surface area contributed by atoms with Gasteiger partial charge in [-0.2, -0.15) is 0 Å². The minimum Gasteiger partial charge on any atom is -0.452 e. The average Bonchev–Trinajstić information content (AvgIpc) is 2.46. The van der Waals surface area contributed by atoms with Gasteiger partial charge in [0.2, 0.25) is 0 Å². The minimum atomic E-state index is -0.575. The fraction of sp³-hybridized carbons (Fsp3) is 0.467. The number of halogens is 1. The number of amides is 1. The van der Waals surface area contributed by atoms with E-state index in [1.54, 1.807) is 24.3 Å². The summed E-state index contributed by atoms with van der Waals surface area (Å²) in [5, 5.41) is 3.22. The zero-order chi connectivity index (χ0) is 14.4. The first-order valence-corrected chi connectivity index (χ1v) is 7.25. The van der Waals surface area contributed by atoms with Gasteiger partial charge < -0.3 is 10.1 Å². The summed E-state index contributed by atoms with van der Waals surface area (Å²) < 4.78 is 4.98. The van der Waals surface area contributed by atoms with Gasteiger partial charge in [-0.3, -0.25) is 4.79 Å². The Morgan fingerprint density at radius 2 is 1.90 bits per heavy atom. The third-order valence-electron chi connectivity index (χ3n) is 3.40. The van der Waals surface area contributed by atoms with Crippen LogP contribution in [0.25, 0.3) is 0 Å². The maximum absolute atomic E-state index is 11.8. The van der Waals surface area contributed by atoms with Crippen LogP contribution in [0.2, 0.25) is 5.02 Å². The molecule has 0 atom stereocenters. The molecule has 0 radical (unpaired) electrons. The molecule has 0 bridgehead atoms. The number of carbonyl (C=O) groups is 2. The quantitative estimate of drug-likeness (QED) is 0.869. The number of benzene rings is 1. The Kier molecular flexibility index (Phi) is 5.41. The van der Waals surface area contributed by atoms with Crippen LogP contribution in [0.3, 0.4) is 0 Å². The average molecular weight is 296 g/mol. The van der Waals surface area contributed by atoms with Crippen LogP contribution in [0.15, 0.2) is 24.3 Å². The summed E-state index contributed by atoms with van der Waals surface area (Å²) in [5.74, 6) is -0.827. The molecule has 1 amide bonds. The van der Waals surface area contributed by atoms with Crippen molar-refractivity contribution in [3.63, 3.8) is 0 Å². The Bertz CT molecular complexity index is 484. The largest absolute Gasteiger partial charge is 0.452 e. The van der Waals surface area contributed by atoms with E-state index in [1.165, 1.54) is 6.42 Å². The van der Waals surface area contributed by atoms with E-state index in [1.807, 2.05) is 0 Å². The van der Waals surface area contributed by atoms with Gasteiger partial charge in [-0.15, -0.1) is 0 Å². The Balaban J connectivity index is 1.78. The molecule has 20 heavy (non-hydrogen) atoms. The monoisotopic (exact) mass is 295 g/mol. The lowest BCUT2D eigenvalue weighted by molar-refractivity contribution is -0.125. The topological polar surface area (TPSA) is 55.4 Å². The zero-order valence-corrected chi connectivity index (χ0v) is 12.0. The molecule has 0 unspecified atom stereocenters. The number of rotatable bonds is 4. The molecular weight excluding hydrogens is 278 g/mol. The molecule has 1 aliphatic rings. The van der Waals surface area contributed by atoms with Crippen LogP contribution < -0.4 is 5.32 Å².